The second-order valence-corrected chi connectivity index (χ2v) is 3.82. The minimum absolute atomic E-state index is 0.170. The Labute approximate surface area is 95.5 Å². The van der Waals surface area contributed by atoms with Gasteiger partial charge in [0.05, 0.1) is 0 Å². The maximum Gasteiger partial charge on any atom is 0.326 e. The number of carbonyl (C=O) groups is 1. The molecule has 1 aromatic rings. The number of rotatable bonds is 6. The maximum atomic E-state index is 11.6. The first-order valence-electron chi connectivity index (χ1n) is 5.65. The highest BCUT2D eigenvalue weighted by Crippen LogP contribution is 2.09. The molecule has 0 radical (unpaired) electrons. The molecule has 0 aliphatic rings. The van der Waals surface area contributed by atoms with Gasteiger partial charge in [-0.05, 0) is 18.8 Å². The minimum Gasteiger partial charge on any atom is -0.396 e. The number of aliphatic hydroxyl groups is 1. The van der Waals surface area contributed by atoms with Gasteiger partial charge in [0.15, 0.2) is 0 Å². The van der Waals surface area contributed by atoms with Gasteiger partial charge in [-0.1, -0.05) is 13.3 Å². The smallest absolute Gasteiger partial charge is 0.326 e. The van der Waals surface area contributed by atoms with E-state index in [1.165, 1.54) is 10.9 Å². The second kappa shape index (κ2) is 7.00. The number of carbonyl (C=O) groups excluding carboxylic acids is 1. The van der Waals surface area contributed by atoms with E-state index in [1.54, 1.807) is 12.4 Å². The van der Waals surface area contributed by atoms with Gasteiger partial charge in [-0.3, -0.25) is 4.57 Å². The minimum atomic E-state index is -0.170. The molecule has 0 bridgehead atoms. The van der Waals surface area contributed by atoms with Crippen molar-refractivity contribution < 1.29 is 9.90 Å². The Bertz CT molecular complexity index is 292. The van der Waals surface area contributed by atoms with E-state index in [0.29, 0.717) is 12.5 Å². The number of nitrogens with one attached hydrogen (secondary N) is 1. The highest BCUT2D eigenvalue weighted by Gasteiger charge is 2.09. The highest BCUT2D eigenvalue weighted by molar-refractivity contribution is 5.76. The molecular formula is C11H19N3O2. The van der Waals surface area contributed by atoms with Crippen LogP contribution in [0.5, 0.6) is 0 Å². The summed E-state index contributed by atoms with van der Waals surface area (Å²) in [7, 11) is 0. The van der Waals surface area contributed by atoms with Gasteiger partial charge in [0.1, 0.15) is 6.33 Å². The Morgan fingerprint density at radius 3 is 2.94 bits per heavy atom. The van der Waals surface area contributed by atoms with Crippen molar-refractivity contribution in [2.75, 3.05) is 13.2 Å². The molecule has 0 aromatic carbocycles. The summed E-state index contributed by atoms with van der Waals surface area (Å²) in [5, 5.41) is 11.7. The summed E-state index contributed by atoms with van der Waals surface area (Å²) in [5.74, 6) is 0.350. The quantitative estimate of drug-likeness (QED) is 0.765. The molecule has 1 unspecified atom stereocenters. The molecule has 1 atom stereocenters. The summed E-state index contributed by atoms with van der Waals surface area (Å²) in [4.78, 5) is 15.4. The summed E-state index contributed by atoms with van der Waals surface area (Å²) in [6.07, 6.45) is 7.46. The SMILES string of the molecule is CCCC(CCO)CNC(=O)n1ccnc1. The van der Waals surface area contributed by atoms with Gasteiger partial charge >= 0.3 is 6.03 Å². The fourth-order valence-corrected chi connectivity index (χ4v) is 1.64. The van der Waals surface area contributed by atoms with Crippen molar-refractivity contribution in [2.24, 2.45) is 5.92 Å². The molecule has 1 amide bonds. The summed E-state index contributed by atoms with van der Waals surface area (Å²) >= 11 is 0. The average molecular weight is 225 g/mol. The lowest BCUT2D eigenvalue weighted by molar-refractivity contribution is 0.230. The van der Waals surface area contributed by atoms with Crippen LogP contribution in [0.15, 0.2) is 18.7 Å². The zero-order valence-electron chi connectivity index (χ0n) is 9.59. The molecule has 5 heteroatoms. The lowest BCUT2D eigenvalue weighted by Gasteiger charge is -2.15. The van der Waals surface area contributed by atoms with Gasteiger partial charge < -0.3 is 10.4 Å². The third-order valence-corrected chi connectivity index (χ3v) is 2.52. The molecule has 90 valence electrons. The van der Waals surface area contributed by atoms with Crippen molar-refractivity contribution in [3.05, 3.63) is 18.7 Å². The van der Waals surface area contributed by atoms with Crippen LogP contribution < -0.4 is 5.32 Å². The molecule has 0 fully saturated rings. The number of imidazole rings is 1. The zero-order chi connectivity index (χ0) is 11.8. The molecule has 16 heavy (non-hydrogen) atoms. The Balaban J connectivity index is 2.34. The van der Waals surface area contributed by atoms with Crippen LogP contribution in [0, 0.1) is 5.92 Å². The fraction of sp³-hybridized carbons (Fsp3) is 0.636. The molecule has 0 saturated heterocycles. The third kappa shape index (κ3) is 4.02. The molecule has 0 aliphatic carbocycles. The number of aliphatic hydroxyl groups excluding tert-OH is 1. The van der Waals surface area contributed by atoms with E-state index in [1.807, 2.05) is 0 Å². The fourth-order valence-electron chi connectivity index (χ4n) is 1.64. The first kappa shape index (κ1) is 12.7. The lowest BCUT2D eigenvalue weighted by atomic mass is 10.0. The number of nitrogens with zero attached hydrogens (tertiary/aromatic N) is 2. The average Bonchev–Trinajstić information content (AvgIpc) is 2.79. The first-order chi connectivity index (χ1) is 7.77. The van der Waals surface area contributed by atoms with Crippen LogP contribution in [-0.4, -0.2) is 33.8 Å². The Morgan fingerprint density at radius 1 is 1.56 bits per heavy atom. The van der Waals surface area contributed by atoms with Crippen LogP contribution in [0.1, 0.15) is 26.2 Å². The summed E-state index contributed by atoms with van der Waals surface area (Å²) in [5.41, 5.74) is 0. The van der Waals surface area contributed by atoms with Crippen LogP contribution >= 0.6 is 0 Å². The summed E-state index contributed by atoms with van der Waals surface area (Å²) in [6.45, 7) is 2.87. The Kier molecular flexibility index (Phi) is 5.56. The molecular weight excluding hydrogens is 206 g/mol. The van der Waals surface area contributed by atoms with Gasteiger partial charge in [-0.2, -0.15) is 0 Å². The molecule has 1 rings (SSSR count). The summed E-state index contributed by atoms with van der Waals surface area (Å²) < 4.78 is 1.40. The van der Waals surface area contributed by atoms with Crippen molar-refractivity contribution in [1.82, 2.24) is 14.9 Å². The number of hydrogen-bond donors (Lipinski definition) is 2. The Morgan fingerprint density at radius 2 is 2.38 bits per heavy atom. The zero-order valence-corrected chi connectivity index (χ0v) is 9.59. The predicted molar refractivity (Wildman–Crippen MR) is 61.1 cm³/mol. The predicted octanol–water partition coefficient (Wildman–Crippen LogP) is 1.24. The van der Waals surface area contributed by atoms with Crippen molar-refractivity contribution in [3.63, 3.8) is 0 Å². The van der Waals surface area contributed by atoms with E-state index in [0.717, 1.165) is 19.3 Å². The van der Waals surface area contributed by atoms with E-state index in [4.69, 9.17) is 5.11 Å². The van der Waals surface area contributed by atoms with E-state index >= 15 is 0 Å². The van der Waals surface area contributed by atoms with Crippen molar-refractivity contribution in [3.8, 4) is 0 Å². The van der Waals surface area contributed by atoms with Crippen LogP contribution in [0.3, 0.4) is 0 Å². The molecule has 1 heterocycles. The van der Waals surface area contributed by atoms with Crippen LogP contribution in [0.25, 0.3) is 0 Å². The van der Waals surface area contributed by atoms with E-state index in [2.05, 4.69) is 17.2 Å². The molecule has 2 N–H and O–H groups in total. The summed E-state index contributed by atoms with van der Waals surface area (Å²) in [6, 6.07) is -0.170. The second-order valence-electron chi connectivity index (χ2n) is 3.82. The lowest BCUT2D eigenvalue weighted by Crippen LogP contribution is -2.32. The van der Waals surface area contributed by atoms with Crippen molar-refractivity contribution in [1.29, 1.82) is 0 Å². The first-order valence-corrected chi connectivity index (χ1v) is 5.65. The van der Waals surface area contributed by atoms with Gasteiger partial charge in [0, 0.05) is 25.5 Å². The van der Waals surface area contributed by atoms with Crippen LogP contribution in [-0.2, 0) is 0 Å². The van der Waals surface area contributed by atoms with Gasteiger partial charge in [0.25, 0.3) is 0 Å². The van der Waals surface area contributed by atoms with Crippen LogP contribution in [0.2, 0.25) is 0 Å². The van der Waals surface area contributed by atoms with Crippen molar-refractivity contribution >= 4 is 6.03 Å². The number of hydrogen-bond acceptors (Lipinski definition) is 3. The standard InChI is InChI=1S/C11H19N3O2/c1-2-3-10(4-7-15)8-13-11(16)14-6-5-12-9-14/h5-6,9-10,15H,2-4,7-8H2,1H3,(H,13,16). The molecule has 5 nitrogen and oxygen atoms in total. The van der Waals surface area contributed by atoms with Gasteiger partial charge in [0.2, 0.25) is 0 Å². The Hall–Kier alpha value is -1.36. The maximum absolute atomic E-state index is 11.6. The molecule has 1 aromatic heterocycles. The topological polar surface area (TPSA) is 67.2 Å². The van der Waals surface area contributed by atoms with E-state index in [9.17, 15) is 4.79 Å². The number of aromatic nitrogens is 2. The molecule has 0 saturated carbocycles. The molecule has 0 aliphatic heterocycles. The van der Waals surface area contributed by atoms with Crippen molar-refractivity contribution in [2.45, 2.75) is 26.2 Å². The van der Waals surface area contributed by atoms with Gasteiger partial charge in [-0.15, -0.1) is 0 Å². The van der Waals surface area contributed by atoms with E-state index < -0.39 is 0 Å². The van der Waals surface area contributed by atoms with Gasteiger partial charge in [-0.25, -0.2) is 9.78 Å². The van der Waals surface area contributed by atoms with Crippen LogP contribution in [0.4, 0.5) is 4.79 Å². The van der Waals surface area contributed by atoms with E-state index in [-0.39, 0.29) is 12.6 Å². The normalized spacial score (nSPS) is 12.4. The molecule has 0 spiro atoms. The third-order valence-electron chi connectivity index (χ3n) is 2.52. The monoisotopic (exact) mass is 225 g/mol. The highest BCUT2D eigenvalue weighted by atomic mass is 16.3. The largest absolute Gasteiger partial charge is 0.396 e. The number of amides is 1.